The predicted molar refractivity (Wildman–Crippen MR) is 104 cm³/mol. The molecule has 1 atom stereocenters. The quantitative estimate of drug-likeness (QED) is 0.808. The first-order valence-corrected chi connectivity index (χ1v) is 9.90. The third-order valence-electron chi connectivity index (χ3n) is 6.20. The zero-order valence-corrected chi connectivity index (χ0v) is 16.4. The van der Waals surface area contributed by atoms with Gasteiger partial charge in [-0.25, -0.2) is 4.39 Å². The number of rotatable bonds is 2. The van der Waals surface area contributed by atoms with E-state index in [1.165, 1.54) is 19.2 Å². The molecule has 8 heteroatoms. The Balaban J connectivity index is 1.49. The fraction of sp³-hybridized carbons (Fsp3) is 0.476. The smallest absolute Gasteiger partial charge is 0.257 e. The van der Waals surface area contributed by atoms with Crippen LogP contribution < -0.4 is 0 Å². The van der Waals surface area contributed by atoms with Crippen molar-refractivity contribution in [3.05, 3.63) is 41.8 Å². The summed E-state index contributed by atoms with van der Waals surface area (Å²) in [5.41, 5.74) is 0.879. The number of aromatic amines is 1. The Morgan fingerprint density at radius 3 is 2.66 bits per heavy atom. The molecule has 0 bridgehead atoms. The van der Waals surface area contributed by atoms with E-state index in [1.54, 1.807) is 28.0 Å². The highest BCUT2D eigenvalue weighted by molar-refractivity contribution is 5.99. The second-order valence-corrected chi connectivity index (χ2v) is 8.19. The molecule has 0 aliphatic carbocycles. The lowest BCUT2D eigenvalue weighted by molar-refractivity contribution is -0.137. The number of β-amino-alcohol motifs (C(OH)–C–C–N with tert-alkyl or cyclic N) is 1. The van der Waals surface area contributed by atoms with Crippen LogP contribution in [-0.4, -0.2) is 69.2 Å². The number of aromatic nitrogens is 2. The summed E-state index contributed by atoms with van der Waals surface area (Å²) in [4.78, 5) is 28.4. The van der Waals surface area contributed by atoms with Crippen molar-refractivity contribution in [2.75, 3.05) is 26.2 Å². The number of piperidine rings is 2. The van der Waals surface area contributed by atoms with Crippen LogP contribution in [0.4, 0.5) is 4.39 Å². The molecular formula is C21H25FN4O3. The highest BCUT2D eigenvalue weighted by Gasteiger charge is 2.43. The number of benzene rings is 1. The minimum absolute atomic E-state index is 0.0328. The second kappa shape index (κ2) is 7.59. The molecule has 1 spiro atoms. The number of carbonyl (C=O) groups is 2. The number of aliphatic hydroxyl groups is 1. The summed E-state index contributed by atoms with van der Waals surface area (Å²) in [6.07, 6.45) is 2.98. The molecule has 154 valence electrons. The standard InChI is InChI=1S/C21H25FN4O3/c1-14(27)26-12-15(28)10-21(13-26)6-8-25(9-7-21)20(29)17-11-23-24-19(17)16-4-2-3-5-18(16)22/h2-5,11,15,28H,6-10,12-13H2,1H3,(H,23,24). The van der Waals surface area contributed by atoms with E-state index in [0.29, 0.717) is 62.3 Å². The van der Waals surface area contributed by atoms with Gasteiger partial charge in [0.2, 0.25) is 5.91 Å². The average molecular weight is 400 g/mol. The Labute approximate surface area is 168 Å². The van der Waals surface area contributed by atoms with Crippen molar-refractivity contribution in [2.45, 2.75) is 32.3 Å². The average Bonchev–Trinajstić information content (AvgIpc) is 3.17. The van der Waals surface area contributed by atoms with Crippen molar-refractivity contribution < 1.29 is 19.1 Å². The van der Waals surface area contributed by atoms with E-state index in [2.05, 4.69) is 10.2 Å². The van der Waals surface area contributed by atoms with Gasteiger partial charge in [-0.05, 0) is 36.8 Å². The monoisotopic (exact) mass is 400 g/mol. The first kappa shape index (κ1) is 19.6. The maximum absolute atomic E-state index is 14.2. The van der Waals surface area contributed by atoms with Gasteiger partial charge in [0.05, 0.1) is 23.6 Å². The fourth-order valence-corrected chi connectivity index (χ4v) is 4.63. The Kier molecular flexibility index (Phi) is 5.12. The number of hydrogen-bond donors (Lipinski definition) is 2. The molecule has 2 N–H and O–H groups in total. The van der Waals surface area contributed by atoms with Crippen LogP contribution in [0.25, 0.3) is 11.3 Å². The minimum atomic E-state index is -0.531. The number of nitrogens with one attached hydrogen (secondary N) is 1. The summed E-state index contributed by atoms with van der Waals surface area (Å²) >= 11 is 0. The SMILES string of the molecule is CC(=O)N1CC(O)CC2(CCN(C(=O)c3cn[nH]c3-c3ccccc3F)CC2)C1. The summed E-state index contributed by atoms with van der Waals surface area (Å²) < 4.78 is 14.2. The lowest BCUT2D eigenvalue weighted by Gasteiger charge is -2.49. The fourth-order valence-electron chi connectivity index (χ4n) is 4.63. The van der Waals surface area contributed by atoms with E-state index in [4.69, 9.17) is 0 Å². The third-order valence-corrected chi connectivity index (χ3v) is 6.20. The third kappa shape index (κ3) is 3.76. The van der Waals surface area contributed by atoms with Crippen LogP contribution in [0.2, 0.25) is 0 Å². The van der Waals surface area contributed by atoms with Crippen molar-refractivity contribution in [3.8, 4) is 11.3 Å². The molecule has 3 heterocycles. The van der Waals surface area contributed by atoms with Crippen LogP contribution in [0.1, 0.15) is 36.5 Å². The molecule has 1 aromatic carbocycles. The molecule has 1 aromatic heterocycles. The Morgan fingerprint density at radius 2 is 1.97 bits per heavy atom. The Bertz CT molecular complexity index is 920. The van der Waals surface area contributed by atoms with Crippen LogP contribution in [-0.2, 0) is 4.79 Å². The molecule has 1 unspecified atom stereocenters. The van der Waals surface area contributed by atoms with Gasteiger partial charge in [0.1, 0.15) is 5.82 Å². The molecular weight excluding hydrogens is 375 g/mol. The van der Waals surface area contributed by atoms with Crippen LogP contribution in [0, 0.1) is 11.2 Å². The summed E-state index contributed by atoms with van der Waals surface area (Å²) in [6.45, 7) is 3.57. The van der Waals surface area contributed by atoms with Gasteiger partial charge in [-0.1, -0.05) is 12.1 Å². The molecule has 29 heavy (non-hydrogen) atoms. The van der Waals surface area contributed by atoms with Gasteiger partial charge in [-0.3, -0.25) is 14.7 Å². The highest BCUT2D eigenvalue weighted by atomic mass is 19.1. The normalized spacial score (nSPS) is 21.4. The number of carbonyl (C=O) groups excluding carboxylic acids is 2. The maximum atomic E-state index is 14.2. The molecule has 2 amide bonds. The van der Waals surface area contributed by atoms with Crippen LogP contribution in [0.3, 0.4) is 0 Å². The second-order valence-electron chi connectivity index (χ2n) is 8.19. The van der Waals surface area contributed by atoms with Gasteiger partial charge in [-0.15, -0.1) is 0 Å². The van der Waals surface area contributed by atoms with Crippen molar-refractivity contribution in [3.63, 3.8) is 0 Å². The number of nitrogens with zero attached hydrogens (tertiary/aromatic N) is 3. The van der Waals surface area contributed by atoms with E-state index in [-0.39, 0.29) is 17.2 Å². The van der Waals surface area contributed by atoms with Crippen LogP contribution >= 0.6 is 0 Å². The van der Waals surface area contributed by atoms with Gasteiger partial charge in [0.15, 0.2) is 0 Å². The topological polar surface area (TPSA) is 89.5 Å². The molecule has 7 nitrogen and oxygen atoms in total. The van der Waals surface area contributed by atoms with Gasteiger partial charge in [0, 0.05) is 38.7 Å². The number of halogens is 1. The van der Waals surface area contributed by atoms with Crippen LogP contribution in [0.15, 0.2) is 30.5 Å². The van der Waals surface area contributed by atoms with E-state index in [1.807, 2.05) is 0 Å². The van der Waals surface area contributed by atoms with E-state index in [9.17, 15) is 19.1 Å². The molecule has 2 fully saturated rings. The summed E-state index contributed by atoms with van der Waals surface area (Å²) in [5, 5.41) is 16.9. The van der Waals surface area contributed by atoms with Gasteiger partial charge in [-0.2, -0.15) is 5.10 Å². The highest BCUT2D eigenvalue weighted by Crippen LogP contribution is 2.40. The molecule has 2 aliphatic rings. The van der Waals surface area contributed by atoms with Crippen molar-refractivity contribution in [1.29, 1.82) is 0 Å². The number of amides is 2. The predicted octanol–water partition coefficient (Wildman–Crippen LogP) is 2.05. The molecule has 0 saturated carbocycles. The summed E-state index contributed by atoms with van der Waals surface area (Å²) in [7, 11) is 0. The lowest BCUT2D eigenvalue weighted by Crippen LogP contribution is -2.55. The summed E-state index contributed by atoms with van der Waals surface area (Å²) in [5.74, 6) is -0.634. The van der Waals surface area contributed by atoms with Gasteiger partial charge >= 0.3 is 0 Å². The minimum Gasteiger partial charge on any atom is -0.391 e. The molecule has 0 radical (unpaired) electrons. The molecule has 2 saturated heterocycles. The molecule has 4 rings (SSSR count). The zero-order chi connectivity index (χ0) is 20.6. The first-order chi connectivity index (χ1) is 13.9. The van der Waals surface area contributed by atoms with E-state index in [0.717, 1.165) is 0 Å². The number of aliphatic hydroxyl groups excluding tert-OH is 1. The molecule has 2 aromatic rings. The summed E-state index contributed by atoms with van der Waals surface area (Å²) in [6, 6.07) is 6.28. The van der Waals surface area contributed by atoms with Gasteiger partial charge in [0.25, 0.3) is 5.91 Å². The number of H-pyrrole nitrogens is 1. The van der Waals surface area contributed by atoms with Crippen molar-refractivity contribution in [1.82, 2.24) is 20.0 Å². The van der Waals surface area contributed by atoms with E-state index >= 15 is 0 Å². The van der Waals surface area contributed by atoms with Crippen molar-refractivity contribution in [2.24, 2.45) is 5.41 Å². The lowest BCUT2D eigenvalue weighted by atomic mass is 9.71. The maximum Gasteiger partial charge on any atom is 0.257 e. The Morgan fingerprint density at radius 1 is 1.24 bits per heavy atom. The largest absolute Gasteiger partial charge is 0.391 e. The number of likely N-dealkylation sites (tertiary alicyclic amines) is 2. The Hall–Kier alpha value is -2.74. The van der Waals surface area contributed by atoms with Crippen molar-refractivity contribution >= 4 is 11.8 Å². The van der Waals surface area contributed by atoms with Crippen LogP contribution in [0.5, 0.6) is 0 Å². The molecule has 2 aliphatic heterocycles. The van der Waals surface area contributed by atoms with E-state index < -0.39 is 11.9 Å². The number of hydrogen-bond acceptors (Lipinski definition) is 4. The van der Waals surface area contributed by atoms with Gasteiger partial charge < -0.3 is 14.9 Å². The zero-order valence-electron chi connectivity index (χ0n) is 16.4. The first-order valence-electron chi connectivity index (χ1n) is 9.90.